The van der Waals surface area contributed by atoms with Crippen LogP contribution in [0.5, 0.6) is 5.75 Å². The minimum Gasteiger partial charge on any atom is -0.497 e. The minimum atomic E-state index is -3.64. The van der Waals surface area contributed by atoms with Crippen LogP contribution >= 0.6 is 0 Å². The SMILES string of the molecule is CCCCNC(=O)[C@H](CC)N(Cc1ccc(OC)cc1)C(=O)CCCN(c1ccc(F)cc1)S(C)(=O)=O. The van der Waals surface area contributed by atoms with Crippen molar-refractivity contribution in [3.63, 3.8) is 0 Å². The zero-order chi connectivity index (χ0) is 27.4. The molecule has 0 bridgehead atoms. The highest BCUT2D eigenvalue weighted by Gasteiger charge is 2.28. The summed E-state index contributed by atoms with van der Waals surface area (Å²) in [5, 5.41) is 2.92. The average molecular weight is 536 g/mol. The van der Waals surface area contributed by atoms with E-state index < -0.39 is 21.9 Å². The van der Waals surface area contributed by atoms with E-state index in [9.17, 15) is 22.4 Å². The van der Waals surface area contributed by atoms with Gasteiger partial charge in [-0.2, -0.15) is 0 Å². The summed E-state index contributed by atoms with van der Waals surface area (Å²) in [4.78, 5) is 28.0. The molecule has 2 aromatic rings. The van der Waals surface area contributed by atoms with E-state index in [2.05, 4.69) is 5.32 Å². The number of nitrogens with one attached hydrogen (secondary N) is 1. The number of halogens is 1. The number of methoxy groups -OCH3 is 1. The summed E-state index contributed by atoms with van der Waals surface area (Å²) >= 11 is 0. The maximum Gasteiger partial charge on any atom is 0.242 e. The molecule has 37 heavy (non-hydrogen) atoms. The number of sulfonamides is 1. The Bertz CT molecular complexity index is 1110. The number of unbranched alkanes of at least 4 members (excludes halogenated alkanes) is 1. The van der Waals surface area contributed by atoms with Crippen LogP contribution in [-0.2, 0) is 26.2 Å². The molecule has 0 aliphatic heterocycles. The van der Waals surface area contributed by atoms with Crippen LogP contribution in [0.2, 0.25) is 0 Å². The third-order valence-electron chi connectivity index (χ3n) is 5.99. The summed E-state index contributed by atoms with van der Waals surface area (Å²) in [7, 11) is -2.07. The monoisotopic (exact) mass is 535 g/mol. The largest absolute Gasteiger partial charge is 0.497 e. The molecule has 0 aromatic heterocycles. The Balaban J connectivity index is 2.19. The van der Waals surface area contributed by atoms with Crippen LogP contribution in [0, 0.1) is 5.82 Å². The highest BCUT2D eigenvalue weighted by atomic mass is 32.2. The molecule has 10 heteroatoms. The third kappa shape index (κ3) is 9.35. The topological polar surface area (TPSA) is 96.0 Å². The number of rotatable bonds is 15. The van der Waals surface area contributed by atoms with Gasteiger partial charge in [0.15, 0.2) is 0 Å². The van der Waals surface area contributed by atoms with Gasteiger partial charge in [-0.25, -0.2) is 12.8 Å². The maximum absolute atomic E-state index is 13.4. The molecule has 0 aliphatic carbocycles. The van der Waals surface area contributed by atoms with Crippen molar-refractivity contribution in [2.24, 2.45) is 0 Å². The lowest BCUT2D eigenvalue weighted by Crippen LogP contribution is -2.49. The molecule has 2 aromatic carbocycles. The molecule has 1 N–H and O–H groups in total. The van der Waals surface area contributed by atoms with E-state index in [0.29, 0.717) is 24.4 Å². The Hall–Kier alpha value is -3.14. The lowest BCUT2D eigenvalue weighted by molar-refractivity contribution is -0.141. The quantitative estimate of drug-likeness (QED) is 0.347. The molecule has 0 aliphatic rings. The van der Waals surface area contributed by atoms with Crippen LogP contribution in [-0.4, -0.2) is 57.6 Å². The Labute approximate surface area is 219 Å². The Kier molecular flexibility index (Phi) is 11.8. The van der Waals surface area contributed by atoms with Gasteiger partial charge in [0, 0.05) is 26.1 Å². The Morgan fingerprint density at radius 3 is 2.22 bits per heavy atom. The van der Waals surface area contributed by atoms with E-state index in [4.69, 9.17) is 4.74 Å². The Morgan fingerprint density at radius 1 is 1.03 bits per heavy atom. The van der Waals surface area contributed by atoms with Crippen LogP contribution in [0.4, 0.5) is 10.1 Å². The fraction of sp³-hybridized carbons (Fsp3) is 0.481. The molecule has 1 atom stereocenters. The van der Waals surface area contributed by atoms with Crippen molar-refractivity contribution in [1.82, 2.24) is 10.2 Å². The van der Waals surface area contributed by atoms with Gasteiger partial charge in [0.2, 0.25) is 21.8 Å². The van der Waals surface area contributed by atoms with E-state index >= 15 is 0 Å². The first-order valence-corrected chi connectivity index (χ1v) is 14.4. The molecule has 0 saturated carbocycles. The zero-order valence-corrected chi connectivity index (χ0v) is 22.9. The van der Waals surface area contributed by atoms with E-state index in [-0.39, 0.29) is 37.7 Å². The molecule has 0 spiro atoms. The highest BCUT2D eigenvalue weighted by molar-refractivity contribution is 7.92. The van der Waals surface area contributed by atoms with Crippen molar-refractivity contribution in [2.45, 2.75) is 58.5 Å². The summed E-state index contributed by atoms with van der Waals surface area (Å²) in [5.41, 5.74) is 1.17. The van der Waals surface area contributed by atoms with Gasteiger partial charge in [-0.3, -0.25) is 13.9 Å². The van der Waals surface area contributed by atoms with Gasteiger partial charge in [-0.15, -0.1) is 0 Å². The number of hydrogen-bond donors (Lipinski definition) is 1. The number of hydrogen-bond acceptors (Lipinski definition) is 5. The summed E-state index contributed by atoms with van der Waals surface area (Å²) in [5.74, 6) is -0.236. The molecule has 0 unspecified atom stereocenters. The van der Waals surface area contributed by atoms with Gasteiger partial charge in [0.1, 0.15) is 17.6 Å². The van der Waals surface area contributed by atoms with Crippen LogP contribution in [0.3, 0.4) is 0 Å². The standard InChI is InChI=1S/C27H38FN3O5S/c1-5-7-18-29-27(33)25(6-2)30(20-21-10-16-24(36-3)17-11-21)26(32)9-8-19-31(37(4,34)35)23-14-12-22(28)13-15-23/h10-17,25H,5-9,18-20H2,1-4H3,(H,29,33)/t25-/m0/s1. The third-order valence-corrected chi connectivity index (χ3v) is 7.19. The van der Waals surface area contributed by atoms with Gasteiger partial charge in [0.25, 0.3) is 0 Å². The maximum atomic E-state index is 13.4. The van der Waals surface area contributed by atoms with Gasteiger partial charge in [-0.05, 0) is 61.2 Å². The molecule has 0 fully saturated rings. The van der Waals surface area contributed by atoms with E-state index in [1.165, 1.54) is 24.3 Å². The molecule has 2 amide bonds. The first-order chi connectivity index (χ1) is 17.6. The molecule has 0 radical (unpaired) electrons. The lowest BCUT2D eigenvalue weighted by Gasteiger charge is -2.31. The second kappa shape index (κ2) is 14.6. The van der Waals surface area contributed by atoms with Crippen molar-refractivity contribution in [1.29, 1.82) is 0 Å². The van der Waals surface area contributed by atoms with E-state index in [1.807, 2.05) is 26.0 Å². The van der Waals surface area contributed by atoms with E-state index in [1.54, 1.807) is 24.1 Å². The predicted octanol–water partition coefficient (Wildman–Crippen LogP) is 4.10. The van der Waals surface area contributed by atoms with Crippen molar-refractivity contribution in [3.05, 3.63) is 59.9 Å². The molecule has 204 valence electrons. The van der Waals surface area contributed by atoms with Gasteiger partial charge in [-0.1, -0.05) is 32.4 Å². The number of carbonyl (C=O) groups excluding carboxylic acids is 2. The fourth-order valence-corrected chi connectivity index (χ4v) is 4.93. The van der Waals surface area contributed by atoms with Crippen LogP contribution < -0.4 is 14.4 Å². The van der Waals surface area contributed by atoms with Crippen LogP contribution in [0.15, 0.2) is 48.5 Å². The fourth-order valence-electron chi connectivity index (χ4n) is 3.96. The summed E-state index contributed by atoms with van der Waals surface area (Å²) in [6.45, 7) is 4.72. The lowest BCUT2D eigenvalue weighted by atomic mass is 10.1. The minimum absolute atomic E-state index is 0.0438. The van der Waals surface area contributed by atoms with Crippen LogP contribution in [0.25, 0.3) is 0 Å². The first kappa shape index (κ1) is 30.1. The summed E-state index contributed by atoms with van der Waals surface area (Å²) < 4.78 is 44.4. The summed E-state index contributed by atoms with van der Waals surface area (Å²) in [6, 6.07) is 11.8. The van der Waals surface area contributed by atoms with Gasteiger partial charge in [0.05, 0.1) is 19.1 Å². The number of benzene rings is 2. The number of anilines is 1. The van der Waals surface area contributed by atoms with Crippen molar-refractivity contribution < 1.29 is 27.1 Å². The highest BCUT2D eigenvalue weighted by Crippen LogP contribution is 2.21. The van der Waals surface area contributed by atoms with Gasteiger partial charge < -0.3 is 15.0 Å². The average Bonchev–Trinajstić information content (AvgIpc) is 2.87. The second-order valence-corrected chi connectivity index (χ2v) is 10.8. The van der Waals surface area contributed by atoms with E-state index in [0.717, 1.165) is 29.0 Å². The van der Waals surface area contributed by atoms with Crippen LogP contribution in [0.1, 0.15) is 51.5 Å². The molecule has 2 rings (SSSR count). The molecule has 0 heterocycles. The number of ether oxygens (including phenoxy) is 1. The molecular weight excluding hydrogens is 497 g/mol. The zero-order valence-electron chi connectivity index (χ0n) is 22.1. The normalized spacial score (nSPS) is 12.0. The number of nitrogens with zero attached hydrogens (tertiary/aromatic N) is 2. The Morgan fingerprint density at radius 2 is 1.68 bits per heavy atom. The molecular formula is C27H38FN3O5S. The predicted molar refractivity (Wildman–Crippen MR) is 143 cm³/mol. The van der Waals surface area contributed by atoms with Gasteiger partial charge >= 0.3 is 0 Å². The van der Waals surface area contributed by atoms with Crippen molar-refractivity contribution >= 4 is 27.5 Å². The van der Waals surface area contributed by atoms with Crippen molar-refractivity contribution in [2.75, 3.05) is 30.8 Å². The number of carbonyl (C=O) groups is 2. The summed E-state index contributed by atoms with van der Waals surface area (Å²) in [6.07, 6.45) is 3.57. The van der Waals surface area contributed by atoms with Crippen molar-refractivity contribution in [3.8, 4) is 5.75 Å². The number of amides is 2. The molecule has 0 saturated heterocycles. The molecule has 8 nitrogen and oxygen atoms in total. The first-order valence-electron chi connectivity index (χ1n) is 12.5. The second-order valence-electron chi connectivity index (χ2n) is 8.85. The smallest absolute Gasteiger partial charge is 0.242 e.